The van der Waals surface area contributed by atoms with E-state index in [1.165, 1.54) is 6.07 Å². The first-order chi connectivity index (χ1) is 13.6. The Labute approximate surface area is 165 Å². The van der Waals surface area contributed by atoms with Crippen LogP contribution in [0.5, 0.6) is 0 Å². The van der Waals surface area contributed by atoms with E-state index in [4.69, 9.17) is 0 Å². The minimum Gasteiger partial charge on any atom is -0.340 e. The molecule has 0 bridgehead atoms. The molecule has 0 spiro atoms. The zero-order valence-electron chi connectivity index (χ0n) is 16.5. The van der Waals surface area contributed by atoms with Crippen LogP contribution in [0.1, 0.15) is 42.4 Å². The lowest BCUT2D eigenvalue weighted by Gasteiger charge is -2.28. The first-order valence-corrected chi connectivity index (χ1v) is 10.2. The standard InChI is InChI=1S/C21H28FN5O/c1-25-11-8-17(9-12-25)21-24-23-19-10-13-26(14-15-27(19)21)20(28)7-6-16-4-2-3-5-18(16)22/h2-5,17H,6-15H2,1H3. The van der Waals surface area contributed by atoms with Crippen LogP contribution in [0.4, 0.5) is 4.39 Å². The predicted octanol–water partition coefficient (Wildman–Crippen LogP) is 2.24. The monoisotopic (exact) mass is 385 g/mol. The van der Waals surface area contributed by atoms with Gasteiger partial charge in [0.2, 0.25) is 5.91 Å². The van der Waals surface area contributed by atoms with Crippen LogP contribution in [0, 0.1) is 5.82 Å². The Morgan fingerprint density at radius 2 is 1.89 bits per heavy atom. The third-order valence-electron chi connectivity index (χ3n) is 6.06. The Hall–Kier alpha value is -2.28. The van der Waals surface area contributed by atoms with Crippen LogP contribution in [0.15, 0.2) is 24.3 Å². The summed E-state index contributed by atoms with van der Waals surface area (Å²) < 4.78 is 16.0. The molecule has 2 aliphatic heterocycles. The molecule has 1 aromatic heterocycles. The molecule has 0 aliphatic carbocycles. The maximum atomic E-state index is 13.8. The van der Waals surface area contributed by atoms with Crippen molar-refractivity contribution in [3.8, 4) is 0 Å². The van der Waals surface area contributed by atoms with Crippen LogP contribution in [0.3, 0.4) is 0 Å². The van der Waals surface area contributed by atoms with Crippen LogP contribution < -0.4 is 0 Å². The number of halogens is 1. The summed E-state index contributed by atoms with van der Waals surface area (Å²) in [6, 6.07) is 6.68. The Morgan fingerprint density at radius 1 is 1.11 bits per heavy atom. The van der Waals surface area contributed by atoms with Gasteiger partial charge in [0, 0.05) is 38.4 Å². The van der Waals surface area contributed by atoms with Crippen molar-refractivity contribution in [2.75, 3.05) is 33.2 Å². The summed E-state index contributed by atoms with van der Waals surface area (Å²) in [7, 11) is 2.16. The fourth-order valence-electron chi connectivity index (χ4n) is 4.26. The maximum absolute atomic E-state index is 13.8. The van der Waals surface area contributed by atoms with Crippen LogP contribution in [-0.4, -0.2) is 63.7 Å². The van der Waals surface area contributed by atoms with Crippen molar-refractivity contribution in [3.63, 3.8) is 0 Å². The number of aryl methyl sites for hydroxylation is 1. The van der Waals surface area contributed by atoms with E-state index in [9.17, 15) is 9.18 Å². The third-order valence-corrected chi connectivity index (χ3v) is 6.06. The summed E-state index contributed by atoms with van der Waals surface area (Å²) >= 11 is 0. The molecule has 150 valence electrons. The van der Waals surface area contributed by atoms with Crippen molar-refractivity contribution >= 4 is 5.91 Å². The Morgan fingerprint density at radius 3 is 2.68 bits per heavy atom. The highest BCUT2D eigenvalue weighted by Gasteiger charge is 2.27. The average Bonchev–Trinajstić information content (AvgIpc) is 2.98. The van der Waals surface area contributed by atoms with Crippen molar-refractivity contribution in [3.05, 3.63) is 47.3 Å². The van der Waals surface area contributed by atoms with Gasteiger partial charge in [-0.3, -0.25) is 4.79 Å². The highest BCUT2D eigenvalue weighted by Crippen LogP contribution is 2.27. The molecular formula is C21H28FN5O. The van der Waals surface area contributed by atoms with Crippen molar-refractivity contribution in [2.24, 2.45) is 0 Å². The minimum absolute atomic E-state index is 0.0859. The quantitative estimate of drug-likeness (QED) is 0.810. The van der Waals surface area contributed by atoms with Gasteiger partial charge in [0.05, 0.1) is 0 Å². The molecule has 2 aromatic rings. The first-order valence-electron chi connectivity index (χ1n) is 10.2. The number of benzene rings is 1. The van der Waals surface area contributed by atoms with E-state index >= 15 is 0 Å². The first kappa shape index (κ1) is 19.1. The molecule has 1 aromatic carbocycles. The molecule has 0 atom stereocenters. The molecule has 7 heteroatoms. The van der Waals surface area contributed by atoms with Gasteiger partial charge in [-0.25, -0.2) is 4.39 Å². The number of nitrogens with zero attached hydrogens (tertiary/aromatic N) is 5. The summed E-state index contributed by atoms with van der Waals surface area (Å²) in [6.07, 6.45) is 3.73. The van der Waals surface area contributed by atoms with E-state index in [1.54, 1.807) is 12.1 Å². The van der Waals surface area contributed by atoms with Crippen molar-refractivity contribution in [2.45, 2.75) is 44.6 Å². The van der Waals surface area contributed by atoms with E-state index in [0.717, 1.165) is 50.5 Å². The molecule has 6 nitrogen and oxygen atoms in total. The molecule has 0 radical (unpaired) electrons. The molecule has 4 rings (SSSR count). The molecular weight excluding hydrogens is 357 g/mol. The topological polar surface area (TPSA) is 54.3 Å². The zero-order chi connectivity index (χ0) is 19.5. The second-order valence-corrected chi connectivity index (χ2v) is 7.93. The molecule has 0 saturated carbocycles. The fraction of sp³-hybridized carbons (Fsp3) is 0.571. The van der Waals surface area contributed by atoms with E-state index in [-0.39, 0.29) is 11.7 Å². The molecule has 2 aliphatic rings. The smallest absolute Gasteiger partial charge is 0.222 e. The molecule has 3 heterocycles. The largest absolute Gasteiger partial charge is 0.340 e. The van der Waals surface area contributed by atoms with Gasteiger partial charge in [0.15, 0.2) is 0 Å². The summed E-state index contributed by atoms with van der Waals surface area (Å²) in [5.74, 6) is 2.38. The normalized spacial score (nSPS) is 18.7. The van der Waals surface area contributed by atoms with Crippen LogP contribution in [-0.2, 0) is 24.2 Å². The number of fused-ring (bicyclic) bond motifs is 1. The average molecular weight is 385 g/mol. The number of carbonyl (C=O) groups excluding carboxylic acids is 1. The SMILES string of the molecule is CN1CCC(c2nnc3n2CCN(C(=O)CCc2ccccc2F)CC3)CC1. The summed E-state index contributed by atoms with van der Waals surface area (Å²) in [6.45, 7) is 4.25. The van der Waals surface area contributed by atoms with Crippen molar-refractivity contribution < 1.29 is 9.18 Å². The lowest BCUT2D eigenvalue weighted by molar-refractivity contribution is -0.131. The van der Waals surface area contributed by atoms with Crippen LogP contribution in [0.25, 0.3) is 0 Å². The van der Waals surface area contributed by atoms with Gasteiger partial charge in [-0.15, -0.1) is 10.2 Å². The minimum atomic E-state index is -0.236. The van der Waals surface area contributed by atoms with E-state index in [2.05, 4.69) is 26.7 Å². The van der Waals surface area contributed by atoms with E-state index in [0.29, 0.717) is 37.4 Å². The van der Waals surface area contributed by atoms with Crippen LogP contribution >= 0.6 is 0 Å². The predicted molar refractivity (Wildman–Crippen MR) is 104 cm³/mol. The van der Waals surface area contributed by atoms with Crippen molar-refractivity contribution in [1.82, 2.24) is 24.6 Å². The highest BCUT2D eigenvalue weighted by molar-refractivity contribution is 5.76. The van der Waals surface area contributed by atoms with Gasteiger partial charge in [0.1, 0.15) is 17.5 Å². The van der Waals surface area contributed by atoms with Gasteiger partial charge in [-0.05, 0) is 51.0 Å². The lowest BCUT2D eigenvalue weighted by atomic mass is 9.96. The number of piperidine rings is 1. The third kappa shape index (κ3) is 4.09. The Kier molecular flexibility index (Phi) is 5.71. The fourth-order valence-corrected chi connectivity index (χ4v) is 4.26. The molecule has 0 unspecified atom stereocenters. The zero-order valence-corrected chi connectivity index (χ0v) is 16.5. The molecule has 1 fully saturated rings. The number of hydrogen-bond acceptors (Lipinski definition) is 4. The van der Waals surface area contributed by atoms with E-state index in [1.807, 2.05) is 11.0 Å². The van der Waals surface area contributed by atoms with Crippen molar-refractivity contribution in [1.29, 1.82) is 0 Å². The summed E-state index contributed by atoms with van der Waals surface area (Å²) in [5, 5.41) is 8.91. The van der Waals surface area contributed by atoms with Gasteiger partial charge in [-0.2, -0.15) is 0 Å². The van der Waals surface area contributed by atoms with Gasteiger partial charge in [0.25, 0.3) is 0 Å². The van der Waals surface area contributed by atoms with Crippen LogP contribution in [0.2, 0.25) is 0 Å². The molecule has 28 heavy (non-hydrogen) atoms. The number of amides is 1. The molecule has 1 saturated heterocycles. The molecule has 0 N–H and O–H groups in total. The second-order valence-electron chi connectivity index (χ2n) is 7.93. The van der Waals surface area contributed by atoms with Gasteiger partial charge in [-0.1, -0.05) is 18.2 Å². The number of likely N-dealkylation sites (tertiary alicyclic amines) is 1. The van der Waals surface area contributed by atoms with Gasteiger partial charge < -0.3 is 14.4 Å². The summed E-state index contributed by atoms with van der Waals surface area (Å²) in [4.78, 5) is 16.9. The molecule has 1 amide bonds. The lowest BCUT2D eigenvalue weighted by Crippen LogP contribution is -2.34. The second kappa shape index (κ2) is 8.39. The highest BCUT2D eigenvalue weighted by atomic mass is 19.1. The Bertz CT molecular complexity index is 828. The number of rotatable bonds is 4. The van der Waals surface area contributed by atoms with E-state index < -0.39 is 0 Å². The maximum Gasteiger partial charge on any atom is 0.222 e. The Balaban J connectivity index is 1.37. The van der Waals surface area contributed by atoms with Gasteiger partial charge >= 0.3 is 0 Å². The number of carbonyl (C=O) groups is 1. The number of aromatic nitrogens is 3. The number of hydrogen-bond donors (Lipinski definition) is 0. The summed E-state index contributed by atoms with van der Waals surface area (Å²) in [5.41, 5.74) is 0.604.